The lowest BCUT2D eigenvalue weighted by atomic mass is 10.1. The molecule has 0 unspecified atom stereocenters. The molecular formula is C21H22N2O2. The number of pyridine rings is 1. The predicted octanol–water partition coefficient (Wildman–Crippen LogP) is 3.43. The van der Waals surface area contributed by atoms with Crippen LogP contribution in [0.4, 0.5) is 0 Å². The van der Waals surface area contributed by atoms with Crippen LogP contribution < -0.4 is 5.56 Å². The summed E-state index contributed by atoms with van der Waals surface area (Å²) in [6, 6.07) is 17.7. The largest absolute Gasteiger partial charge is 0.341 e. The van der Waals surface area contributed by atoms with Crippen LogP contribution in [0.25, 0.3) is 10.9 Å². The van der Waals surface area contributed by atoms with Crippen LogP contribution in [0.1, 0.15) is 23.1 Å². The van der Waals surface area contributed by atoms with Crippen LogP contribution in [0.15, 0.2) is 59.4 Å². The summed E-state index contributed by atoms with van der Waals surface area (Å²) < 4.78 is 0. The van der Waals surface area contributed by atoms with Crippen molar-refractivity contribution >= 4 is 16.8 Å². The zero-order chi connectivity index (χ0) is 17.8. The number of fused-ring (bicyclic) bond motifs is 1. The van der Waals surface area contributed by atoms with Crippen LogP contribution >= 0.6 is 0 Å². The normalized spacial score (nSPS) is 10.8. The Labute approximate surface area is 147 Å². The minimum absolute atomic E-state index is 0.0348. The van der Waals surface area contributed by atoms with Crippen molar-refractivity contribution in [1.29, 1.82) is 0 Å². The van der Waals surface area contributed by atoms with Gasteiger partial charge >= 0.3 is 0 Å². The second-order valence-electron chi connectivity index (χ2n) is 6.40. The van der Waals surface area contributed by atoms with Crippen molar-refractivity contribution in [2.75, 3.05) is 7.05 Å². The molecule has 4 heteroatoms. The number of nitrogens with one attached hydrogen (secondary N) is 1. The number of carbonyl (C=O) groups excluding carboxylic acids is 1. The summed E-state index contributed by atoms with van der Waals surface area (Å²) in [4.78, 5) is 29.3. The van der Waals surface area contributed by atoms with Crippen LogP contribution in [0.3, 0.4) is 0 Å². The van der Waals surface area contributed by atoms with Gasteiger partial charge in [-0.05, 0) is 35.9 Å². The van der Waals surface area contributed by atoms with Gasteiger partial charge in [-0.15, -0.1) is 0 Å². The van der Waals surface area contributed by atoms with E-state index in [2.05, 4.69) is 4.98 Å². The van der Waals surface area contributed by atoms with E-state index in [1.165, 1.54) is 0 Å². The average molecular weight is 334 g/mol. The topological polar surface area (TPSA) is 53.2 Å². The zero-order valence-corrected chi connectivity index (χ0v) is 14.6. The maximum atomic E-state index is 12.4. The molecule has 3 aromatic rings. The number of carbonyl (C=O) groups is 1. The lowest BCUT2D eigenvalue weighted by molar-refractivity contribution is -0.130. The number of hydrogen-bond donors (Lipinski definition) is 1. The van der Waals surface area contributed by atoms with Gasteiger partial charge in [0.1, 0.15) is 0 Å². The van der Waals surface area contributed by atoms with E-state index in [9.17, 15) is 9.59 Å². The van der Waals surface area contributed by atoms with Crippen molar-refractivity contribution in [3.05, 3.63) is 81.6 Å². The SMILES string of the molecule is Cc1cccc2cc(CCC(=O)N(C)Cc3ccccc3)c(=O)[nH]c12. The van der Waals surface area contributed by atoms with Crippen molar-refractivity contribution in [2.24, 2.45) is 0 Å². The number of aromatic nitrogens is 1. The fraction of sp³-hybridized carbons (Fsp3) is 0.238. The van der Waals surface area contributed by atoms with E-state index in [4.69, 9.17) is 0 Å². The summed E-state index contributed by atoms with van der Waals surface area (Å²) in [6.07, 6.45) is 0.765. The number of rotatable bonds is 5. The van der Waals surface area contributed by atoms with Gasteiger partial charge in [0.15, 0.2) is 0 Å². The lowest BCUT2D eigenvalue weighted by Gasteiger charge is -2.17. The van der Waals surface area contributed by atoms with E-state index >= 15 is 0 Å². The molecule has 0 radical (unpaired) electrons. The van der Waals surface area contributed by atoms with Crippen LogP contribution in [-0.2, 0) is 17.8 Å². The molecule has 0 atom stereocenters. The summed E-state index contributed by atoms with van der Waals surface area (Å²) in [5.41, 5.74) is 3.54. The third-order valence-electron chi connectivity index (χ3n) is 4.46. The number of aromatic amines is 1. The molecule has 1 N–H and O–H groups in total. The number of aryl methyl sites for hydroxylation is 2. The summed E-state index contributed by atoms with van der Waals surface area (Å²) in [5, 5.41) is 1.000. The maximum Gasteiger partial charge on any atom is 0.251 e. The quantitative estimate of drug-likeness (QED) is 0.777. The highest BCUT2D eigenvalue weighted by Gasteiger charge is 2.11. The number of hydrogen-bond acceptors (Lipinski definition) is 2. The van der Waals surface area contributed by atoms with Crippen molar-refractivity contribution in [3.63, 3.8) is 0 Å². The molecule has 0 aliphatic rings. The van der Waals surface area contributed by atoms with Crippen LogP contribution in [-0.4, -0.2) is 22.8 Å². The van der Waals surface area contributed by atoms with Crippen molar-refractivity contribution in [3.8, 4) is 0 Å². The third-order valence-corrected chi connectivity index (χ3v) is 4.46. The molecule has 2 aromatic carbocycles. The first kappa shape index (κ1) is 17.0. The molecule has 1 heterocycles. The summed E-state index contributed by atoms with van der Waals surface area (Å²) in [6.45, 7) is 2.55. The molecule has 1 amide bonds. The first-order valence-corrected chi connectivity index (χ1v) is 8.44. The molecule has 0 aliphatic carbocycles. The lowest BCUT2D eigenvalue weighted by Crippen LogP contribution is -2.27. The average Bonchev–Trinajstić information content (AvgIpc) is 2.61. The second-order valence-corrected chi connectivity index (χ2v) is 6.40. The highest BCUT2D eigenvalue weighted by Crippen LogP contribution is 2.16. The Balaban J connectivity index is 1.68. The van der Waals surface area contributed by atoms with Crippen LogP contribution in [0.2, 0.25) is 0 Å². The molecule has 3 rings (SSSR count). The van der Waals surface area contributed by atoms with Crippen LogP contribution in [0, 0.1) is 6.92 Å². The zero-order valence-electron chi connectivity index (χ0n) is 14.6. The Hall–Kier alpha value is -2.88. The number of H-pyrrole nitrogens is 1. The number of amides is 1. The van der Waals surface area contributed by atoms with Crippen LogP contribution in [0.5, 0.6) is 0 Å². The van der Waals surface area contributed by atoms with E-state index in [-0.39, 0.29) is 11.5 Å². The van der Waals surface area contributed by atoms with Gasteiger partial charge in [0.2, 0.25) is 5.91 Å². The highest BCUT2D eigenvalue weighted by atomic mass is 16.2. The molecule has 0 bridgehead atoms. The molecular weight excluding hydrogens is 312 g/mol. The third kappa shape index (κ3) is 3.97. The molecule has 0 aliphatic heterocycles. The maximum absolute atomic E-state index is 12.4. The second kappa shape index (κ2) is 7.34. The van der Waals surface area contributed by atoms with Gasteiger partial charge in [-0.3, -0.25) is 9.59 Å². The molecule has 1 aromatic heterocycles. The Kier molecular flexibility index (Phi) is 4.98. The van der Waals surface area contributed by atoms with E-state index < -0.39 is 0 Å². The minimum atomic E-state index is -0.111. The molecule has 0 saturated heterocycles. The molecule has 0 saturated carbocycles. The van der Waals surface area contributed by atoms with E-state index in [0.29, 0.717) is 24.9 Å². The number of benzene rings is 2. The van der Waals surface area contributed by atoms with Gasteiger partial charge in [0.25, 0.3) is 5.56 Å². The van der Waals surface area contributed by atoms with Gasteiger partial charge < -0.3 is 9.88 Å². The molecule has 0 spiro atoms. The molecule has 25 heavy (non-hydrogen) atoms. The molecule has 4 nitrogen and oxygen atoms in total. The fourth-order valence-electron chi connectivity index (χ4n) is 2.99. The number of para-hydroxylation sites is 1. The van der Waals surface area contributed by atoms with Gasteiger partial charge in [0, 0.05) is 25.6 Å². The smallest absolute Gasteiger partial charge is 0.251 e. The Morgan fingerprint density at radius 1 is 1.08 bits per heavy atom. The Morgan fingerprint density at radius 3 is 2.60 bits per heavy atom. The predicted molar refractivity (Wildman–Crippen MR) is 101 cm³/mol. The summed E-state index contributed by atoms with van der Waals surface area (Å²) in [7, 11) is 1.79. The molecule has 128 valence electrons. The van der Waals surface area contributed by atoms with Gasteiger partial charge in [0.05, 0.1) is 5.52 Å². The Morgan fingerprint density at radius 2 is 1.84 bits per heavy atom. The van der Waals surface area contributed by atoms with Gasteiger partial charge in [-0.25, -0.2) is 0 Å². The monoisotopic (exact) mass is 334 g/mol. The highest BCUT2D eigenvalue weighted by molar-refractivity contribution is 5.82. The van der Waals surface area contributed by atoms with Gasteiger partial charge in [-0.2, -0.15) is 0 Å². The first-order valence-electron chi connectivity index (χ1n) is 8.44. The minimum Gasteiger partial charge on any atom is -0.341 e. The van der Waals surface area contributed by atoms with E-state index in [0.717, 1.165) is 22.0 Å². The van der Waals surface area contributed by atoms with Crippen molar-refractivity contribution in [1.82, 2.24) is 9.88 Å². The van der Waals surface area contributed by atoms with Gasteiger partial charge in [-0.1, -0.05) is 48.5 Å². The first-order chi connectivity index (χ1) is 12.0. The van der Waals surface area contributed by atoms with E-state index in [1.807, 2.05) is 61.5 Å². The standard InChI is InChI=1S/C21H22N2O2/c1-15-7-6-10-17-13-18(21(25)22-20(15)17)11-12-19(24)23(2)14-16-8-4-3-5-9-16/h3-10,13H,11-12,14H2,1-2H3,(H,22,25). The van der Waals surface area contributed by atoms with Crippen molar-refractivity contribution < 1.29 is 4.79 Å². The number of nitrogens with zero attached hydrogens (tertiary/aromatic N) is 1. The fourth-order valence-corrected chi connectivity index (χ4v) is 2.99. The Bertz CT molecular complexity index is 945. The summed E-state index contributed by atoms with van der Waals surface area (Å²) >= 11 is 0. The molecule has 0 fully saturated rings. The van der Waals surface area contributed by atoms with Crippen molar-refractivity contribution in [2.45, 2.75) is 26.3 Å². The van der Waals surface area contributed by atoms with E-state index in [1.54, 1.807) is 11.9 Å². The summed E-state index contributed by atoms with van der Waals surface area (Å²) in [5.74, 6) is 0.0348.